The highest BCUT2D eigenvalue weighted by Gasteiger charge is 2.36. The Morgan fingerprint density at radius 3 is 2.54 bits per heavy atom. The molecule has 26 heavy (non-hydrogen) atoms. The van der Waals surface area contributed by atoms with E-state index in [2.05, 4.69) is 4.99 Å². The molecule has 1 saturated heterocycles. The fourth-order valence-electron chi connectivity index (χ4n) is 3.18. The molecule has 8 nitrogen and oxygen atoms in total. The van der Waals surface area contributed by atoms with Gasteiger partial charge in [0, 0.05) is 13.6 Å². The molecule has 1 fully saturated rings. The summed E-state index contributed by atoms with van der Waals surface area (Å²) in [5.41, 5.74) is 0.773. The molecular weight excluding hydrogens is 378 g/mol. The minimum Gasteiger partial charge on any atom is -0.495 e. The first-order valence-electron chi connectivity index (χ1n) is 8.03. The number of thiazole rings is 1. The summed E-state index contributed by atoms with van der Waals surface area (Å²) in [5.74, 6) is 0.856. The Labute approximate surface area is 155 Å². The number of sulfonamides is 1. The molecule has 142 valence electrons. The molecule has 0 saturated carbocycles. The van der Waals surface area contributed by atoms with Crippen molar-refractivity contribution in [2.24, 2.45) is 12.0 Å². The maximum Gasteiger partial charge on any atom is 0.266 e. The van der Waals surface area contributed by atoms with Crippen molar-refractivity contribution in [2.45, 2.75) is 18.9 Å². The van der Waals surface area contributed by atoms with Crippen LogP contribution in [0, 0.1) is 0 Å². The number of carbonyl (C=O) groups is 1. The molecule has 0 aliphatic carbocycles. The van der Waals surface area contributed by atoms with Gasteiger partial charge >= 0.3 is 0 Å². The molecule has 1 aliphatic rings. The molecule has 10 heteroatoms. The summed E-state index contributed by atoms with van der Waals surface area (Å²) in [5, 5.41) is 0. The van der Waals surface area contributed by atoms with E-state index in [9.17, 15) is 13.2 Å². The van der Waals surface area contributed by atoms with Crippen molar-refractivity contribution in [3.05, 3.63) is 16.9 Å². The van der Waals surface area contributed by atoms with Crippen LogP contribution in [0.1, 0.15) is 12.8 Å². The average Bonchev–Trinajstić information content (AvgIpc) is 3.20. The molecule has 1 aliphatic heterocycles. The molecule has 0 radical (unpaired) electrons. The molecule has 0 spiro atoms. The van der Waals surface area contributed by atoms with Gasteiger partial charge in [-0.3, -0.25) is 4.79 Å². The molecule has 1 atom stereocenters. The van der Waals surface area contributed by atoms with Gasteiger partial charge in [-0.25, -0.2) is 8.42 Å². The molecule has 2 heterocycles. The third-order valence-electron chi connectivity index (χ3n) is 4.43. The van der Waals surface area contributed by atoms with Crippen LogP contribution in [0.4, 0.5) is 0 Å². The van der Waals surface area contributed by atoms with Crippen molar-refractivity contribution in [3.8, 4) is 11.5 Å². The van der Waals surface area contributed by atoms with Crippen LogP contribution in [-0.4, -0.2) is 56.3 Å². The number of methoxy groups -OCH3 is 2. The Morgan fingerprint density at radius 2 is 1.92 bits per heavy atom. The molecule has 0 bridgehead atoms. The first-order valence-corrected chi connectivity index (χ1v) is 10.7. The van der Waals surface area contributed by atoms with Crippen LogP contribution < -0.4 is 14.3 Å². The Morgan fingerprint density at radius 1 is 1.27 bits per heavy atom. The van der Waals surface area contributed by atoms with Crippen molar-refractivity contribution in [1.29, 1.82) is 0 Å². The third kappa shape index (κ3) is 3.24. The summed E-state index contributed by atoms with van der Waals surface area (Å²) < 4.78 is 38.3. The van der Waals surface area contributed by atoms with Gasteiger partial charge < -0.3 is 14.0 Å². The lowest BCUT2D eigenvalue weighted by Gasteiger charge is -2.18. The lowest BCUT2D eigenvalue weighted by molar-refractivity contribution is -0.121. The molecule has 1 amide bonds. The molecule has 3 rings (SSSR count). The second-order valence-corrected chi connectivity index (χ2v) is 8.99. The van der Waals surface area contributed by atoms with Gasteiger partial charge in [0.15, 0.2) is 4.80 Å². The predicted octanol–water partition coefficient (Wildman–Crippen LogP) is 1.11. The van der Waals surface area contributed by atoms with E-state index >= 15 is 0 Å². The lowest BCUT2D eigenvalue weighted by Crippen LogP contribution is -2.39. The smallest absolute Gasteiger partial charge is 0.266 e. The van der Waals surface area contributed by atoms with Crippen LogP contribution in [0.3, 0.4) is 0 Å². The van der Waals surface area contributed by atoms with Crippen LogP contribution in [0.15, 0.2) is 17.1 Å². The number of benzene rings is 1. The lowest BCUT2D eigenvalue weighted by atomic mass is 10.2. The Hall–Kier alpha value is -1.91. The number of nitrogens with zero attached hydrogens (tertiary/aromatic N) is 3. The van der Waals surface area contributed by atoms with Crippen molar-refractivity contribution in [2.75, 3.05) is 27.0 Å². The van der Waals surface area contributed by atoms with E-state index in [1.165, 1.54) is 15.6 Å². The topological polar surface area (TPSA) is 90.2 Å². The monoisotopic (exact) mass is 399 g/mol. The third-order valence-corrected chi connectivity index (χ3v) is 6.87. The first kappa shape index (κ1) is 18.9. The van der Waals surface area contributed by atoms with Crippen LogP contribution in [0.5, 0.6) is 11.5 Å². The van der Waals surface area contributed by atoms with Gasteiger partial charge in [0.2, 0.25) is 10.0 Å². The molecule has 1 aromatic carbocycles. The fraction of sp³-hybridized carbons (Fsp3) is 0.500. The van der Waals surface area contributed by atoms with E-state index in [0.717, 1.165) is 16.5 Å². The summed E-state index contributed by atoms with van der Waals surface area (Å²) >= 11 is 1.30. The van der Waals surface area contributed by atoms with Crippen LogP contribution >= 0.6 is 11.3 Å². The maximum atomic E-state index is 12.7. The zero-order valence-electron chi connectivity index (χ0n) is 15.1. The number of fused-ring (bicyclic) bond motifs is 1. The van der Waals surface area contributed by atoms with E-state index in [1.54, 1.807) is 38.0 Å². The predicted molar refractivity (Wildman–Crippen MR) is 99.0 cm³/mol. The summed E-state index contributed by atoms with van der Waals surface area (Å²) in [4.78, 5) is 17.4. The standard InChI is InChI=1S/C16H21N3O5S2/c1-18-13-11(23-2)7-8-12(24-3)14(13)25-16(18)17-15(20)10-6-5-9-19(10)26(4,21)22/h7-8,10H,5-6,9H2,1-4H3. The average molecular weight is 399 g/mol. The molecule has 1 unspecified atom stereocenters. The molecular formula is C16H21N3O5S2. The number of amides is 1. The quantitative estimate of drug-likeness (QED) is 0.768. The van der Waals surface area contributed by atoms with Gasteiger partial charge in [-0.15, -0.1) is 0 Å². The van der Waals surface area contributed by atoms with E-state index < -0.39 is 22.0 Å². The normalized spacial score (nSPS) is 19.2. The molecule has 1 aromatic heterocycles. The summed E-state index contributed by atoms with van der Waals surface area (Å²) in [6, 6.07) is 2.85. The van der Waals surface area contributed by atoms with E-state index in [1.807, 2.05) is 0 Å². The van der Waals surface area contributed by atoms with Crippen molar-refractivity contribution < 1.29 is 22.7 Å². The second-order valence-electron chi connectivity index (χ2n) is 6.07. The second kappa shape index (κ2) is 7.01. The van der Waals surface area contributed by atoms with E-state index in [-0.39, 0.29) is 0 Å². The Bertz CT molecular complexity index is 1020. The van der Waals surface area contributed by atoms with Gasteiger partial charge in [0.25, 0.3) is 5.91 Å². The van der Waals surface area contributed by atoms with E-state index in [4.69, 9.17) is 9.47 Å². The Kier molecular flexibility index (Phi) is 5.09. The van der Waals surface area contributed by atoms with Crippen LogP contribution in [-0.2, 0) is 21.9 Å². The number of hydrogen-bond acceptors (Lipinski definition) is 6. The molecule has 0 N–H and O–H groups in total. The highest BCUT2D eigenvalue weighted by molar-refractivity contribution is 7.88. The minimum absolute atomic E-state index is 0.352. The van der Waals surface area contributed by atoms with Crippen molar-refractivity contribution in [1.82, 2.24) is 8.87 Å². The summed E-state index contributed by atoms with van der Waals surface area (Å²) in [6.45, 7) is 0.352. The van der Waals surface area contributed by atoms with Gasteiger partial charge in [0.05, 0.1) is 20.5 Å². The number of ether oxygens (including phenoxy) is 2. The first-order chi connectivity index (χ1) is 12.3. The zero-order chi connectivity index (χ0) is 19.1. The van der Waals surface area contributed by atoms with Gasteiger partial charge in [-0.2, -0.15) is 9.30 Å². The molecule has 2 aromatic rings. The highest BCUT2D eigenvalue weighted by Crippen LogP contribution is 2.34. The van der Waals surface area contributed by atoms with Crippen molar-refractivity contribution >= 4 is 37.5 Å². The number of carbonyl (C=O) groups excluding carboxylic acids is 1. The van der Waals surface area contributed by atoms with Gasteiger partial charge in [-0.05, 0) is 25.0 Å². The van der Waals surface area contributed by atoms with Gasteiger partial charge in [0.1, 0.15) is 27.8 Å². The van der Waals surface area contributed by atoms with Crippen molar-refractivity contribution in [3.63, 3.8) is 0 Å². The summed E-state index contributed by atoms with van der Waals surface area (Å²) in [7, 11) is 1.50. The van der Waals surface area contributed by atoms with Crippen LogP contribution in [0.2, 0.25) is 0 Å². The Balaban J connectivity index is 2.10. The fourth-order valence-corrected chi connectivity index (χ4v) is 5.43. The minimum atomic E-state index is -3.44. The highest BCUT2D eigenvalue weighted by atomic mass is 32.2. The number of aryl methyl sites for hydroxylation is 1. The maximum absolute atomic E-state index is 12.7. The number of rotatable bonds is 4. The van der Waals surface area contributed by atoms with E-state index in [0.29, 0.717) is 35.7 Å². The largest absolute Gasteiger partial charge is 0.495 e. The summed E-state index contributed by atoms with van der Waals surface area (Å²) in [6.07, 6.45) is 2.25. The SMILES string of the molecule is COc1ccc(OC)c2c1sc(=NC(=O)C1CCCN1S(C)(=O)=O)n2C. The number of hydrogen-bond donors (Lipinski definition) is 0. The van der Waals surface area contributed by atoms with Gasteiger partial charge in [-0.1, -0.05) is 11.3 Å². The van der Waals surface area contributed by atoms with Crippen LogP contribution in [0.25, 0.3) is 10.2 Å². The number of aromatic nitrogens is 1. The zero-order valence-corrected chi connectivity index (χ0v) is 16.7.